The van der Waals surface area contributed by atoms with E-state index in [9.17, 15) is 15.2 Å². The van der Waals surface area contributed by atoms with E-state index >= 15 is 0 Å². The number of hydrogen-bond acceptors (Lipinski definition) is 5. The lowest BCUT2D eigenvalue weighted by Gasteiger charge is -2.28. The number of thiophene rings is 1. The molecule has 0 aromatic carbocycles. The first-order chi connectivity index (χ1) is 9.42. The Morgan fingerprint density at radius 1 is 1.45 bits per heavy atom. The summed E-state index contributed by atoms with van der Waals surface area (Å²) in [5.41, 5.74) is 0.113. The second-order valence-corrected chi connectivity index (χ2v) is 6.14. The summed E-state index contributed by atoms with van der Waals surface area (Å²) in [6.45, 7) is 8.73. The number of nitro groups is 1. The molecular formula is C14H24N2O3S. The number of nitrogens with zero attached hydrogens (tertiary/aromatic N) is 2. The van der Waals surface area contributed by atoms with Gasteiger partial charge in [0.15, 0.2) is 5.00 Å². The summed E-state index contributed by atoms with van der Waals surface area (Å²) < 4.78 is 0. The molecule has 6 heteroatoms. The second-order valence-electron chi connectivity index (χ2n) is 5.08. The van der Waals surface area contributed by atoms with E-state index in [0.717, 1.165) is 25.8 Å². The molecule has 0 bridgehead atoms. The van der Waals surface area contributed by atoms with E-state index in [1.165, 1.54) is 17.4 Å². The molecule has 114 valence electrons. The van der Waals surface area contributed by atoms with Gasteiger partial charge in [-0.2, -0.15) is 0 Å². The van der Waals surface area contributed by atoms with Gasteiger partial charge in [-0.15, -0.1) is 11.3 Å². The van der Waals surface area contributed by atoms with Crippen LogP contribution in [0.2, 0.25) is 0 Å². The van der Waals surface area contributed by atoms with Gasteiger partial charge in [0.05, 0.1) is 11.0 Å². The Labute approximate surface area is 124 Å². The number of rotatable bonds is 8. The SMILES string of the molecule is CCCCN(c1sc([C@@H](C)O)cc1[N+](=O)[O-])C(C)CC. The van der Waals surface area contributed by atoms with Gasteiger partial charge in [-0.05, 0) is 26.7 Å². The summed E-state index contributed by atoms with van der Waals surface area (Å²) in [6, 6.07) is 1.76. The van der Waals surface area contributed by atoms with Gasteiger partial charge in [0.25, 0.3) is 0 Å². The van der Waals surface area contributed by atoms with Crippen LogP contribution in [0.15, 0.2) is 6.07 Å². The molecule has 2 atom stereocenters. The van der Waals surface area contributed by atoms with Gasteiger partial charge >= 0.3 is 5.69 Å². The number of hydrogen-bond donors (Lipinski definition) is 1. The Hall–Kier alpha value is -1.14. The standard InChI is InChI=1S/C14H24N2O3S/c1-5-7-8-15(10(3)6-2)14-12(16(18)19)9-13(20-14)11(4)17/h9-11,17H,5-8H2,1-4H3/t10?,11-/m1/s1. The molecule has 0 fully saturated rings. The van der Waals surface area contributed by atoms with E-state index in [1.807, 2.05) is 0 Å². The van der Waals surface area contributed by atoms with Crippen LogP contribution in [0, 0.1) is 10.1 Å². The fourth-order valence-electron chi connectivity index (χ4n) is 2.00. The minimum Gasteiger partial charge on any atom is -0.388 e. The lowest BCUT2D eigenvalue weighted by molar-refractivity contribution is -0.383. The molecule has 1 unspecified atom stereocenters. The minimum absolute atomic E-state index is 0.113. The molecule has 0 aliphatic carbocycles. The van der Waals surface area contributed by atoms with E-state index in [2.05, 4.69) is 25.7 Å². The van der Waals surface area contributed by atoms with Crippen molar-refractivity contribution in [2.75, 3.05) is 11.4 Å². The Morgan fingerprint density at radius 2 is 2.10 bits per heavy atom. The first-order valence-electron chi connectivity index (χ1n) is 7.15. The van der Waals surface area contributed by atoms with E-state index < -0.39 is 6.10 Å². The highest BCUT2D eigenvalue weighted by atomic mass is 32.1. The molecule has 1 aromatic rings. The van der Waals surface area contributed by atoms with Gasteiger partial charge in [0, 0.05) is 23.5 Å². The highest BCUT2D eigenvalue weighted by Crippen LogP contribution is 2.41. The summed E-state index contributed by atoms with van der Waals surface area (Å²) >= 11 is 1.33. The van der Waals surface area contributed by atoms with Gasteiger partial charge < -0.3 is 10.0 Å². The van der Waals surface area contributed by atoms with Crippen molar-refractivity contribution in [1.29, 1.82) is 0 Å². The third kappa shape index (κ3) is 3.93. The number of anilines is 1. The average molecular weight is 300 g/mol. The van der Waals surface area contributed by atoms with Crippen LogP contribution in [0.3, 0.4) is 0 Å². The monoisotopic (exact) mass is 300 g/mol. The molecule has 20 heavy (non-hydrogen) atoms. The Kier molecular flexibility index (Phi) is 6.42. The maximum absolute atomic E-state index is 11.3. The van der Waals surface area contributed by atoms with Crippen LogP contribution in [0.4, 0.5) is 10.7 Å². The molecule has 0 radical (unpaired) electrons. The molecule has 0 saturated carbocycles. The Balaban J connectivity index is 3.19. The number of unbranched alkanes of at least 4 members (excludes halogenated alkanes) is 1. The fourth-order valence-corrected chi connectivity index (χ4v) is 3.19. The third-order valence-electron chi connectivity index (χ3n) is 3.46. The predicted molar refractivity (Wildman–Crippen MR) is 83.6 cm³/mol. The first kappa shape index (κ1) is 16.9. The van der Waals surface area contributed by atoms with Crippen molar-refractivity contribution in [2.45, 2.75) is 59.1 Å². The zero-order chi connectivity index (χ0) is 15.3. The van der Waals surface area contributed by atoms with Gasteiger partial charge in [0.2, 0.25) is 0 Å². The van der Waals surface area contributed by atoms with Crippen LogP contribution >= 0.6 is 11.3 Å². The van der Waals surface area contributed by atoms with Gasteiger partial charge in [0.1, 0.15) is 0 Å². The normalized spacial score (nSPS) is 14.1. The van der Waals surface area contributed by atoms with E-state index in [4.69, 9.17) is 0 Å². The quantitative estimate of drug-likeness (QED) is 0.579. The molecular weight excluding hydrogens is 276 g/mol. The van der Waals surface area contributed by atoms with Crippen molar-refractivity contribution in [3.05, 3.63) is 21.1 Å². The van der Waals surface area contributed by atoms with Crippen LogP contribution < -0.4 is 4.90 Å². The van der Waals surface area contributed by atoms with E-state index in [0.29, 0.717) is 9.88 Å². The first-order valence-corrected chi connectivity index (χ1v) is 7.96. The van der Waals surface area contributed by atoms with Crippen molar-refractivity contribution < 1.29 is 10.0 Å². The molecule has 0 aliphatic heterocycles. The molecule has 1 heterocycles. The highest BCUT2D eigenvalue weighted by molar-refractivity contribution is 7.16. The van der Waals surface area contributed by atoms with E-state index in [1.54, 1.807) is 6.92 Å². The summed E-state index contributed by atoms with van der Waals surface area (Å²) in [5, 5.41) is 21.6. The van der Waals surface area contributed by atoms with Gasteiger partial charge in [-0.1, -0.05) is 20.3 Å². The summed E-state index contributed by atoms with van der Waals surface area (Å²) in [4.78, 5) is 13.7. The molecule has 1 N–H and O–H groups in total. The second kappa shape index (κ2) is 7.59. The lowest BCUT2D eigenvalue weighted by Crippen LogP contribution is -2.33. The average Bonchev–Trinajstić information content (AvgIpc) is 2.84. The molecule has 1 rings (SSSR count). The molecule has 0 spiro atoms. The Bertz CT molecular complexity index is 446. The Morgan fingerprint density at radius 3 is 2.55 bits per heavy atom. The van der Waals surface area contributed by atoms with Crippen LogP contribution in [0.25, 0.3) is 0 Å². The van der Waals surface area contributed by atoms with Crippen LogP contribution in [-0.2, 0) is 0 Å². The molecule has 0 saturated heterocycles. The lowest BCUT2D eigenvalue weighted by atomic mass is 10.2. The van der Waals surface area contributed by atoms with Gasteiger partial charge in [-0.3, -0.25) is 10.1 Å². The van der Waals surface area contributed by atoms with Crippen LogP contribution in [0.1, 0.15) is 57.9 Å². The zero-order valence-corrected chi connectivity index (χ0v) is 13.4. The maximum atomic E-state index is 11.3. The summed E-state index contributed by atoms with van der Waals surface area (Å²) in [6.07, 6.45) is 2.32. The van der Waals surface area contributed by atoms with Crippen molar-refractivity contribution in [2.24, 2.45) is 0 Å². The van der Waals surface area contributed by atoms with Crippen LogP contribution in [-0.4, -0.2) is 22.6 Å². The number of aliphatic hydroxyl groups is 1. The molecule has 0 amide bonds. The smallest absolute Gasteiger partial charge is 0.304 e. The van der Waals surface area contributed by atoms with E-state index in [-0.39, 0.29) is 16.7 Å². The molecule has 5 nitrogen and oxygen atoms in total. The number of aliphatic hydroxyl groups excluding tert-OH is 1. The molecule has 1 aromatic heterocycles. The zero-order valence-electron chi connectivity index (χ0n) is 12.6. The van der Waals surface area contributed by atoms with Crippen molar-refractivity contribution in [3.8, 4) is 0 Å². The van der Waals surface area contributed by atoms with Gasteiger partial charge in [-0.25, -0.2) is 0 Å². The maximum Gasteiger partial charge on any atom is 0.304 e. The topological polar surface area (TPSA) is 66.6 Å². The predicted octanol–water partition coefficient (Wildman–Crippen LogP) is 4.11. The highest BCUT2D eigenvalue weighted by Gasteiger charge is 2.27. The summed E-state index contributed by atoms with van der Waals surface area (Å²) in [7, 11) is 0. The fraction of sp³-hybridized carbons (Fsp3) is 0.714. The van der Waals surface area contributed by atoms with Crippen molar-refractivity contribution >= 4 is 22.0 Å². The van der Waals surface area contributed by atoms with Crippen LogP contribution in [0.5, 0.6) is 0 Å². The van der Waals surface area contributed by atoms with Crippen molar-refractivity contribution in [1.82, 2.24) is 0 Å². The minimum atomic E-state index is -0.669. The van der Waals surface area contributed by atoms with Crippen molar-refractivity contribution in [3.63, 3.8) is 0 Å². The summed E-state index contributed by atoms with van der Waals surface area (Å²) in [5.74, 6) is 0. The largest absolute Gasteiger partial charge is 0.388 e. The third-order valence-corrected chi connectivity index (χ3v) is 4.79. The molecule has 0 aliphatic rings.